The number of benzene rings is 1. The summed E-state index contributed by atoms with van der Waals surface area (Å²) >= 11 is 0. The average Bonchev–Trinajstić information content (AvgIpc) is 1.88. The summed E-state index contributed by atoms with van der Waals surface area (Å²) in [5.74, 6) is -1.62. The van der Waals surface area contributed by atoms with Crippen molar-refractivity contribution < 1.29 is 15.0 Å². The van der Waals surface area contributed by atoms with E-state index in [9.17, 15) is 9.90 Å². The van der Waals surface area contributed by atoms with Crippen LogP contribution >= 0.6 is 0 Å². The molecule has 0 fully saturated rings. The number of phenols is 1. The van der Waals surface area contributed by atoms with E-state index in [0.29, 0.717) is 0 Å². The maximum absolute atomic E-state index is 10.2. The summed E-state index contributed by atoms with van der Waals surface area (Å²) < 4.78 is 0. The summed E-state index contributed by atoms with van der Waals surface area (Å²) in [6.07, 6.45) is 0. The number of hydrogen-bond donors (Lipinski definition) is 1. The second-order valence-electron chi connectivity index (χ2n) is 1.80. The molecular formula is C7H8GeO3. The van der Waals surface area contributed by atoms with Crippen LogP contribution in [0.4, 0.5) is 0 Å². The van der Waals surface area contributed by atoms with Gasteiger partial charge >= 0.3 is 17.6 Å². The number of carbonyl (C=O) groups excluding carboxylic acids is 1. The second-order valence-corrected chi connectivity index (χ2v) is 1.80. The standard InChI is InChI=1S/C7H6O3.GeH3/c8-6-4-2-1-3-5(6)7(9)10;/h1-4,8H,(H,9,10);1H3/q;+1/p-1. The molecule has 0 heterocycles. The predicted octanol–water partition coefficient (Wildman–Crippen LogP) is -1.43. The summed E-state index contributed by atoms with van der Waals surface area (Å²) in [6, 6.07) is 5.64. The first-order valence-corrected chi connectivity index (χ1v) is 2.71. The van der Waals surface area contributed by atoms with Crippen LogP contribution in [0.5, 0.6) is 5.75 Å². The minimum absolute atomic E-state index is 0. The number of carboxylic acids is 1. The van der Waals surface area contributed by atoms with Gasteiger partial charge in [0.2, 0.25) is 0 Å². The van der Waals surface area contributed by atoms with Crippen LogP contribution in [0.2, 0.25) is 0 Å². The van der Waals surface area contributed by atoms with E-state index in [-0.39, 0.29) is 28.9 Å². The van der Waals surface area contributed by atoms with Gasteiger partial charge in [0.1, 0.15) is 5.75 Å². The van der Waals surface area contributed by atoms with Crippen molar-refractivity contribution in [2.45, 2.75) is 0 Å². The molecule has 0 radical (unpaired) electrons. The van der Waals surface area contributed by atoms with Gasteiger partial charge in [-0.05, 0) is 12.1 Å². The van der Waals surface area contributed by atoms with E-state index in [1.54, 1.807) is 6.07 Å². The second kappa shape index (κ2) is 4.03. The van der Waals surface area contributed by atoms with Gasteiger partial charge in [0.15, 0.2) is 0 Å². The number of carbonyl (C=O) groups is 1. The van der Waals surface area contributed by atoms with Crippen molar-refractivity contribution in [3.8, 4) is 5.75 Å². The summed E-state index contributed by atoms with van der Waals surface area (Å²) in [6.45, 7) is 0. The van der Waals surface area contributed by atoms with E-state index >= 15 is 0 Å². The van der Waals surface area contributed by atoms with E-state index in [0.717, 1.165) is 0 Å². The minimum atomic E-state index is -1.36. The van der Waals surface area contributed by atoms with Crippen LogP contribution in [0, 0.1) is 0 Å². The molecule has 1 aromatic carbocycles. The van der Waals surface area contributed by atoms with E-state index in [2.05, 4.69) is 0 Å². The Morgan fingerprint density at radius 1 is 1.36 bits per heavy atom. The number of aromatic hydroxyl groups is 1. The first-order chi connectivity index (χ1) is 4.72. The first-order valence-electron chi connectivity index (χ1n) is 2.71. The Morgan fingerprint density at radius 3 is 2.27 bits per heavy atom. The molecule has 0 aliphatic heterocycles. The van der Waals surface area contributed by atoms with Crippen LogP contribution in [-0.4, -0.2) is 28.7 Å². The number of aromatic carboxylic acids is 1. The quantitative estimate of drug-likeness (QED) is 0.581. The third-order valence-corrected chi connectivity index (χ3v) is 1.12. The normalized spacial score (nSPS) is 8.36. The van der Waals surface area contributed by atoms with Gasteiger partial charge in [0, 0.05) is 5.56 Å². The van der Waals surface area contributed by atoms with Crippen LogP contribution in [-0.2, 0) is 0 Å². The number of para-hydroxylation sites is 1. The molecule has 0 amide bonds. The van der Waals surface area contributed by atoms with E-state index in [1.165, 1.54) is 18.2 Å². The van der Waals surface area contributed by atoms with Crippen LogP contribution in [0.3, 0.4) is 0 Å². The topological polar surface area (TPSA) is 60.4 Å². The molecule has 0 bridgehead atoms. The molecular weight excluding hydrogens is 205 g/mol. The van der Waals surface area contributed by atoms with Gasteiger partial charge in [0.05, 0.1) is 5.97 Å². The molecule has 0 saturated carbocycles. The van der Waals surface area contributed by atoms with Gasteiger partial charge < -0.3 is 15.0 Å². The summed E-state index contributed by atoms with van der Waals surface area (Å²) in [7, 11) is 0. The van der Waals surface area contributed by atoms with Crippen LogP contribution < -0.4 is 5.11 Å². The summed E-state index contributed by atoms with van der Waals surface area (Å²) in [5, 5.41) is 19.0. The third kappa shape index (κ3) is 2.27. The number of rotatable bonds is 1. The predicted molar refractivity (Wildman–Crippen MR) is 42.4 cm³/mol. The van der Waals surface area contributed by atoms with E-state index in [1.807, 2.05) is 0 Å². The molecule has 3 nitrogen and oxygen atoms in total. The van der Waals surface area contributed by atoms with E-state index in [4.69, 9.17) is 5.11 Å². The molecule has 0 aliphatic carbocycles. The van der Waals surface area contributed by atoms with Gasteiger partial charge in [-0.1, -0.05) is 12.1 Å². The fourth-order valence-corrected chi connectivity index (χ4v) is 0.646. The van der Waals surface area contributed by atoms with Crippen LogP contribution in [0.25, 0.3) is 0 Å². The number of hydrogen-bond acceptors (Lipinski definition) is 3. The zero-order valence-electron chi connectivity index (χ0n) is 6.07. The average molecular weight is 213 g/mol. The third-order valence-electron chi connectivity index (χ3n) is 1.12. The van der Waals surface area contributed by atoms with Crippen molar-refractivity contribution in [3.05, 3.63) is 29.8 Å². The first kappa shape index (κ1) is 10.0. The SMILES string of the molecule is O=C([O-])c1ccccc1O.[GeH3+]. The maximum atomic E-state index is 10.2. The molecule has 58 valence electrons. The monoisotopic (exact) mass is 214 g/mol. The van der Waals surface area contributed by atoms with Crippen LogP contribution in [0.1, 0.15) is 10.4 Å². The van der Waals surface area contributed by atoms with Crippen molar-refractivity contribution in [3.63, 3.8) is 0 Å². The Balaban J connectivity index is 0.000001000. The zero-order valence-corrected chi connectivity index (χ0v) is 10.3. The molecule has 0 saturated heterocycles. The molecule has 0 aromatic heterocycles. The van der Waals surface area contributed by atoms with E-state index < -0.39 is 5.97 Å². The van der Waals surface area contributed by atoms with Crippen LogP contribution in [0.15, 0.2) is 24.3 Å². The van der Waals surface area contributed by atoms with Gasteiger partial charge in [-0.15, -0.1) is 0 Å². The van der Waals surface area contributed by atoms with Gasteiger partial charge in [-0.3, -0.25) is 0 Å². The summed E-state index contributed by atoms with van der Waals surface area (Å²) in [5.41, 5.74) is -0.178. The van der Waals surface area contributed by atoms with Crippen molar-refractivity contribution in [1.82, 2.24) is 0 Å². The van der Waals surface area contributed by atoms with Gasteiger partial charge in [0.25, 0.3) is 0 Å². The molecule has 4 heteroatoms. The van der Waals surface area contributed by atoms with Gasteiger partial charge in [-0.2, -0.15) is 0 Å². The Hall–Kier alpha value is -0.967. The van der Waals surface area contributed by atoms with Gasteiger partial charge in [-0.25, -0.2) is 0 Å². The Labute approximate surface area is 74.6 Å². The van der Waals surface area contributed by atoms with Crippen molar-refractivity contribution in [1.29, 1.82) is 0 Å². The summed E-state index contributed by atoms with van der Waals surface area (Å²) in [4.78, 5) is 10.2. The Kier molecular flexibility index (Phi) is 3.67. The van der Waals surface area contributed by atoms with Crippen molar-refractivity contribution in [2.75, 3.05) is 0 Å². The molecule has 1 aromatic rings. The van der Waals surface area contributed by atoms with Crippen molar-refractivity contribution in [2.24, 2.45) is 0 Å². The fraction of sp³-hybridized carbons (Fsp3) is 0. The molecule has 1 rings (SSSR count). The Bertz CT molecular complexity index is 260. The van der Waals surface area contributed by atoms with Crippen molar-refractivity contribution >= 4 is 23.6 Å². The molecule has 0 atom stereocenters. The molecule has 11 heavy (non-hydrogen) atoms. The number of carboxylic acid groups (broad SMARTS) is 1. The molecule has 0 unspecified atom stereocenters. The molecule has 1 N–H and O–H groups in total. The molecule has 0 aliphatic rings. The zero-order chi connectivity index (χ0) is 7.56. The fourth-order valence-electron chi connectivity index (χ4n) is 0.646. The Morgan fingerprint density at radius 2 is 1.91 bits per heavy atom. The molecule has 0 spiro atoms.